The third-order valence-electron chi connectivity index (χ3n) is 4.22. The number of carbonyl (C=O) groups excluding carboxylic acids is 1. The average Bonchev–Trinajstić information content (AvgIpc) is 2.97. The molecule has 0 saturated carbocycles. The molecule has 2 atom stereocenters. The largest absolute Gasteiger partial charge is 0.379 e. The lowest BCUT2D eigenvalue weighted by Gasteiger charge is -2.31. The van der Waals surface area contributed by atoms with E-state index in [1.54, 1.807) is 23.9 Å². The minimum absolute atomic E-state index is 0.0664. The summed E-state index contributed by atoms with van der Waals surface area (Å²) in [5.74, 6) is -0.950. The lowest BCUT2D eigenvalue weighted by Crippen LogP contribution is -2.42. The number of pyridine rings is 1. The molecule has 1 aliphatic rings. The van der Waals surface area contributed by atoms with Crippen LogP contribution < -0.4 is 16.4 Å². The van der Waals surface area contributed by atoms with Crippen molar-refractivity contribution in [3.63, 3.8) is 0 Å². The van der Waals surface area contributed by atoms with Gasteiger partial charge in [0.1, 0.15) is 5.56 Å². The fraction of sp³-hybridized carbons (Fsp3) is 0.438. The highest BCUT2D eigenvalue weighted by molar-refractivity contribution is 5.98. The molecule has 0 bridgehead atoms. The number of nitrogens with zero attached hydrogens (tertiary/aromatic N) is 3. The van der Waals surface area contributed by atoms with Crippen LogP contribution in [-0.2, 0) is 4.74 Å². The number of nitrogens with one attached hydrogen (secondary N) is 2. The van der Waals surface area contributed by atoms with E-state index in [2.05, 4.69) is 20.7 Å². The maximum Gasteiger partial charge on any atom is 0.254 e. The highest BCUT2D eigenvalue weighted by Crippen LogP contribution is 2.25. The first-order valence-electron chi connectivity index (χ1n) is 8.03. The number of ether oxygens (including phenoxy) is 1. The van der Waals surface area contributed by atoms with Gasteiger partial charge in [0.05, 0.1) is 12.6 Å². The normalized spacial score (nSPS) is 20.4. The number of halogens is 1. The summed E-state index contributed by atoms with van der Waals surface area (Å²) in [6.45, 7) is 2.83. The Bertz CT molecular complexity index is 758. The van der Waals surface area contributed by atoms with E-state index >= 15 is 0 Å². The van der Waals surface area contributed by atoms with Crippen molar-refractivity contribution in [2.24, 2.45) is 5.73 Å². The van der Waals surface area contributed by atoms with E-state index in [1.807, 2.05) is 7.05 Å². The third kappa shape index (κ3) is 3.77. The molecule has 0 unspecified atom stereocenters. The second-order valence-corrected chi connectivity index (χ2v) is 6.01. The van der Waals surface area contributed by atoms with Gasteiger partial charge in [-0.1, -0.05) is 0 Å². The van der Waals surface area contributed by atoms with Gasteiger partial charge in [0, 0.05) is 36.3 Å². The fourth-order valence-electron chi connectivity index (χ4n) is 2.99. The van der Waals surface area contributed by atoms with Crippen LogP contribution in [0.1, 0.15) is 28.5 Å². The van der Waals surface area contributed by atoms with Crippen LogP contribution in [0.4, 0.5) is 15.9 Å². The maximum atomic E-state index is 13.5. The van der Waals surface area contributed by atoms with Gasteiger partial charge in [0.25, 0.3) is 5.91 Å². The zero-order valence-corrected chi connectivity index (χ0v) is 14.1. The van der Waals surface area contributed by atoms with E-state index in [1.165, 1.54) is 6.07 Å². The minimum Gasteiger partial charge on any atom is -0.379 e. The van der Waals surface area contributed by atoms with Gasteiger partial charge in [-0.15, -0.1) is 0 Å². The second-order valence-electron chi connectivity index (χ2n) is 6.01. The summed E-state index contributed by atoms with van der Waals surface area (Å²) < 4.78 is 20.7. The molecule has 3 rings (SSSR count). The van der Waals surface area contributed by atoms with Crippen LogP contribution in [0.2, 0.25) is 0 Å². The van der Waals surface area contributed by atoms with Crippen LogP contribution >= 0.6 is 0 Å². The van der Waals surface area contributed by atoms with Gasteiger partial charge in [-0.3, -0.25) is 9.48 Å². The van der Waals surface area contributed by atoms with Crippen molar-refractivity contribution in [2.75, 3.05) is 25.6 Å². The van der Waals surface area contributed by atoms with Crippen molar-refractivity contribution in [3.05, 3.63) is 35.5 Å². The molecular formula is C16H21FN6O2. The molecule has 134 valence electrons. The quantitative estimate of drug-likeness (QED) is 0.699. The van der Waals surface area contributed by atoms with Crippen molar-refractivity contribution in [3.8, 4) is 0 Å². The predicted molar refractivity (Wildman–Crippen MR) is 90.3 cm³/mol. The van der Waals surface area contributed by atoms with Gasteiger partial charge in [-0.2, -0.15) is 9.49 Å². The summed E-state index contributed by atoms with van der Waals surface area (Å²) in [7, 11) is 1.88. The smallest absolute Gasteiger partial charge is 0.254 e. The van der Waals surface area contributed by atoms with Crippen molar-refractivity contribution in [1.82, 2.24) is 20.1 Å². The van der Waals surface area contributed by atoms with Gasteiger partial charge in [-0.05, 0) is 26.5 Å². The standard InChI is InChI=1S/C16H21FN6O2/c1-9-5-10(6-14(17)20-9)21-16-11(15(18)24)7-23(22-16)13-8-25-4-3-12(13)19-2/h5-7,12-13,19H,3-4,8H2,1-2H3,(H2,18,24)(H,20,21,22)/t12-,13-/m0/s1. The molecule has 1 aliphatic heterocycles. The number of carbonyl (C=O) groups is 1. The Kier molecular flexibility index (Phi) is 4.95. The Morgan fingerprint density at radius 1 is 1.48 bits per heavy atom. The van der Waals surface area contributed by atoms with E-state index in [-0.39, 0.29) is 23.5 Å². The zero-order chi connectivity index (χ0) is 18.0. The molecule has 25 heavy (non-hydrogen) atoms. The first-order valence-corrected chi connectivity index (χ1v) is 8.03. The van der Waals surface area contributed by atoms with Crippen molar-refractivity contribution < 1.29 is 13.9 Å². The van der Waals surface area contributed by atoms with Crippen LogP contribution in [0.25, 0.3) is 0 Å². The fourth-order valence-corrected chi connectivity index (χ4v) is 2.99. The molecule has 1 fully saturated rings. The molecule has 4 N–H and O–H groups in total. The summed E-state index contributed by atoms with van der Waals surface area (Å²) >= 11 is 0. The van der Waals surface area contributed by atoms with Crippen LogP contribution in [-0.4, -0.2) is 47.0 Å². The summed E-state index contributed by atoms with van der Waals surface area (Å²) in [4.78, 5) is 15.5. The maximum absolute atomic E-state index is 13.5. The van der Waals surface area contributed by atoms with E-state index < -0.39 is 11.9 Å². The van der Waals surface area contributed by atoms with Gasteiger partial charge in [0.15, 0.2) is 5.82 Å². The molecule has 0 spiro atoms. The first-order chi connectivity index (χ1) is 12.0. The van der Waals surface area contributed by atoms with E-state index in [4.69, 9.17) is 10.5 Å². The molecule has 8 nitrogen and oxygen atoms in total. The van der Waals surface area contributed by atoms with E-state index in [0.29, 0.717) is 24.6 Å². The number of aryl methyl sites for hydroxylation is 1. The number of likely N-dealkylation sites (N-methyl/N-ethyl adjacent to an activating group) is 1. The SMILES string of the molecule is CN[C@H]1CCOC[C@@H]1n1cc(C(N)=O)c(Nc2cc(C)nc(F)c2)n1. The van der Waals surface area contributed by atoms with Crippen LogP contribution in [0.5, 0.6) is 0 Å². The zero-order valence-electron chi connectivity index (χ0n) is 14.1. The van der Waals surface area contributed by atoms with Gasteiger partial charge < -0.3 is 21.1 Å². The summed E-state index contributed by atoms with van der Waals surface area (Å²) in [5, 5.41) is 10.6. The molecule has 0 radical (unpaired) electrons. The Labute approximate surface area is 144 Å². The van der Waals surface area contributed by atoms with E-state index in [9.17, 15) is 9.18 Å². The third-order valence-corrected chi connectivity index (χ3v) is 4.22. The number of hydrogen-bond donors (Lipinski definition) is 3. The van der Waals surface area contributed by atoms with Crippen molar-refractivity contribution in [2.45, 2.75) is 25.4 Å². The number of aromatic nitrogens is 3. The van der Waals surface area contributed by atoms with Crippen molar-refractivity contribution in [1.29, 1.82) is 0 Å². The molecule has 2 aromatic heterocycles. The number of primary amides is 1. The number of anilines is 2. The second kappa shape index (κ2) is 7.16. The van der Waals surface area contributed by atoms with Gasteiger partial charge >= 0.3 is 0 Å². The van der Waals surface area contributed by atoms with Crippen LogP contribution in [0, 0.1) is 12.9 Å². The number of hydrogen-bond acceptors (Lipinski definition) is 6. The summed E-state index contributed by atoms with van der Waals surface area (Å²) in [6, 6.07) is 3.00. The van der Waals surface area contributed by atoms with Crippen molar-refractivity contribution >= 4 is 17.4 Å². The van der Waals surface area contributed by atoms with Gasteiger partial charge in [0.2, 0.25) is 5.95 Å². The molecular weight excluding hydrogens is 327 g/mol. The average molecular weight is 348 g/mol. The highest BCUT2D eigenvalue weighted by atomic mass is 19.1. The molecule has 2 aromatic rings. The topological polar surface area (TPSA) is 107 Å². The monoisotopic (exact) mass is 348 g/mol. The highest BCUT2D eigenvalue weighted by Gasteiger charge is 2.28. The Morgan fingerprint density at radius 3 is 2.96 bits per heavy atom. The van der Waals surface area contributed by atoms with E-state index in [0.717, 1.165) is 6.42 Å². The first kappa shape index (κ1) is 17.3. The Morgan fingerprint density at radius 2 is 2.28 bits per heavy atom. The molecule has 1 amide bonds. The summed E-state index contributed by atoms with van der Waals surface area (Å²) in [6.07, 6.45) is 2.43. The number of amides is 1. The summed E-state index contributed by atoms with van der Waals surface area (Å²) in [5.41, 5.74) is 6.66. The lowest BCUT2D eigenvalue weighted by molar-refractivity contribution is 0.0347. The molecule has 3 heterocycles. The number of rotatable bonds is 5. The Hall–Kier alpha value is -2.52. The predicted octanol–water partition coefficient (Wildman–Crippen LogP) is 1.12. The molecule has 1 saturated heterocycles. The minimum atomic E-state index is -0.613. The van der Waals surface area contributed by atoms with Crippen LogP contribution in [0.3, 0.4) is 0 Å². The molecule has 9 heteroatoms. The number of nitrogens with two attached hydrogens (primary N) is 1. The van der Waals surface area contributed by atoms with Gasteiger partial charge in [-0.25, -0.2) is 4.98 Å². The Balaban J connectivity index is 1.93. The molecule has 0 aromatic carbocycles. The van der Waals surface area contributed by atoms with Crippen LogP contribution in [0.15, 0.2) is 18.3 Å². The lowest BCUT2D eigenvalue weighted by atomic mass is 10.0. The molecule has 0 aliphatic carbocycles.